The van der Waals surface area contributed by atoms with Gasteiger partial charge in [-0.05, 0) is 48.6 Å². The van der Waals surface area contributed by atoms with Crippen LogP contribution in [0.2, 0.25) is 5.02 Å². The molecule has 0 aliphatic carbocycles. The Morgan fingerprint density at radius 1 is 1.25 bits per heavy atom. The fourth-order valence-electron chi connectivity index (χ4n) is 2.53. The number of halogens is 2. The van der Waals surface area contributed by atoms with E-state index >= 15 is 0 Å². The van der Waals surface area contributed by atoms with Crippen molar-refractivity contribution in [3.8, 4) is 5.75 Å². The summed E-state index contributed by atoms with van der Waals surface area (Å²) in [6.07, 6.45) is 0. The summed E-state index contributed by atoms with van der Waals surface area (Å²) in [6.45, 7) is 7.99. The van der Waals surface area contributed by atoms with E-state index in [1.54, 1.807) is 6.07 Å². The Morgan fingerprint density at radius 2 is 1.96 bits per heavy atom. The summed E-state index contributed by atoms with van der Waals surface area (Å²) in [5, 5.41) is 3.44. The number of benzene rings is 2. The predicted octanol–water partition coefficient (Wildman–Crippen LogP) is 5.86. The largest absolute Gasteiger partial charge is 0.482 e. The van der Waals surface area contributed by atoms with Crippen molar-refractivity contribution in [2.45, 2.75) is 33.6 Å². The van der Waals surface area contributed by atoms with Gasteiger partial charge in [0.15, 0.2) is 6.61 Å². The molecule has 5 heteroatoms. The Kier molecular flexibility index (Phi) is 6.30. The molecule has 0 heterocycles. The molecule has 0 saturated heterocycles. The van der Waals surface area contributed by atoms with Crippen LogP contribution in [0.1, 0.15) is 36.5 Å². The molecule has 2 rings (SSSR count). The SMILES string of the molecule is Cc1cccc(C(C)C)c1NC(=O)COc1c(C)cc(Br)cc1Cl. The molecular formula is C19H21BrClNO2. The predicted molar refractivity (Wildman–Crippen MR) is 103 cm³/mol. The summed E-state index contributed by atoms with van der Waals surface area (Å²) in [4.78, 5) is 12.3. The minimum Gasteiger partial charge on any atom is -0.482 e. The quantitative estimate of drug-likeness (QED) is 0.670. The molecular weight excluding hydrogens is 390 g/mol. The van der Waals surface area contributed by atoms with Crippen molar-refractivity contribution >= 4 is 39.1 Å². The molecule has 0 radical (unpaired) electrons. The number of nitrogens with one attached hydrogen (secondary N) is 1. The standard InChI is InChI=1S/C19H21BrClNO2/c1-11(2)15-7-5-6-12(3)18(15)22-17(23)10-24-19-13(4)8-14(20)9-16(19)21/h5-9,11H,10H2,1-4H3,(H,22,23). The van der Waals surface area contributed by atoms with Crippen molar-refractivity contribution in [2.75, 3.05) is 11.9 Å². The zero-order chi connectivity index (χ0) is 17.9. The summed E-state index contributed by atoms with van der Waals surface area (Å²) in [5.74, 6) is 0.651. The van der Waals surface area contributed by atoms with E-state index < -0.39 is 0 Å². The molecule has 128 valence electrons. The molecule has 0 fully saturated rings. The van der Waals surface area contributed by atoms with Gasteiger partial charge in [-0.2, -0.15) is 0 Å². The minimum absolute atomic E-state index is 0.0892. The zero-order valence-electron chi connectivity index (χ0n) is 14.2. The van der Waals surface area contributed by atoms with E-state index in [4.69, 9.17) is 16.3 Å². The van der Waals surface area contributed by atoms with E-state index in [9.17, 15) is 4.79 Å². The van der Waals surface area contributed by atoms with Gasteiger partial charge >= 0.3 is 0 Å². The molecule has 0 aromatic heterocycles. The highest BCUT2D eigenvalue weighted by atomic mass is 79.9. The first-order chi connectivity index (χ1) is 11.3. The summed E-state index contributed by atoms with van der Waals surface area (Å²) in [5.41, 5.74) is 3.88. The smallest absolute Gasteiger partial charge is 0.262 e. The molecule has 0 aliphatic rings. The van der Waals surface area contributed by atoms with E-state index in [0.717, 1.165) is 26.9 Å². The van der Waals surface area contributed by atoms with Gasteiger partial charge in [-0.3, -0.25) is 4.79 Å². The molecule has 0 bridgehead atoms. The third kappa shape index (κ3) is 4.52. The van der Waals surface area contributed by atoms with Crippen LogP contribution < -0.4 is 10.1 Å². The number of hydrogen-bond acceptors (Lipinski definition) is 2. The molecule has 0 spiro atoms. The summed E-state index contributed by atoms with van der Waals surface area (Å²) in [6, 6.07) is 9.67. The number of rotatable bonds is 5. The van der Waals surface area contributed by atoms with Crippen LogP contribution in [-0.2, 0) is 4.79 Å². The molecule has 24 heavy (non-hydrogen) atoms. The Morgan fingerprint density at radius 3 is 2.58 bits per heavy atom. The van der Waals surface area contributed by atoms with E-state index in [0.29, 0.717) is 16.7 Å². The van der Waals surface area contributed by atoms with Crippen LogP contribution in [0.25, 0.3) is 0 Å². The summed E-state index contributed by atoms with van der Waals surface area (Å²) in [7, 11) is 0. The molecule has 1 N–H and O–H groups in total. The van der Waals surface area contributed by atoms with E-state index in [1.807, 2.05) is 38.1 Å². The Balaban J connectivity index is 2.10. The van der Waals surface area contributed by atoms with Gasteiger partial charge in [0.25, 0.3) is 5.91 Å². The second-order valence-corrected chi connectivity index (χ2v) is 7.39. The maximum absolute atomic E-state index is 12.3. The molecule has 0 unspecified atom stereocenters. The summed E-state index contributed by atoms with van der Waals surface area (Å²) < 4.78 is 6.51. The van der Waals surface area contributed by atoms with Crippen LogP contribution in [0, 0.1) is 13.8 Å². The number of aryl methyl sites for hydroxylation is 2. The lowest BCUT2D eigenvalue weighted by atomic mass is 9.98. The monoisotopic (exact) mass is 409 g/mol. The normalized spacial score (nSPS) is 10.8. The third-order valence-corrected chi connectivity index (χ3v) is 4.47. The van der Waals surface area contributed by atoms with Crippen LogP contribution in [0.15, 0.2) is 34.8 Å². The van der Waals surface area contributed by atoms with Crippen LogP contribution >= 0.6 is 27.5 Å². The van der Waals surface area contributed by atoms with Crippen LogP contribution in [-0.4, -0.2) is 12.5 Å². The lowest BCUT2D eigenvalue weighted by Crippen LogP contribution is -2.22. The molecule has 1 amide bonds. The topological polar surface area (TPSA) is 38.3 Å². The van der Waals surface area contributed by atoms with Gasteiger partial charge in [0.1, 0.15) is 5.75 Å². The van der Waals surface area contributed by atoms with Crippen molar-refractivity contribution in [1.29, 1.82) is 0 Å². The number of hydrogen-bond donors (Lipinski definition) is 1. The minimum atomic E-state index is -0.204. The van der Waals surface area contributed by atoms with Crippen LogP contribution in [0.4, 0.5) is 5.69 Å². The molecule has 3 nitrogen and oxygen atoms in total. The second-order valence-electron chi connectivity index (χ2n) is 6.06. The van der Waals surface area contributed by atoms with Gasteiger partial charge in [-0.25, -0.2) is 0 Å². The average Bonchev–Trinajstić information content (AvgIpc) is 2.47. The van der Waals surface area contributed by atoms with Crippen LogP contribution in [0.3, 0.4) is 0 Å². The van der Waals surface area contributed by atoms with Crippen molar-refractivity contribution in [1.82, 2.24) is 0 Å². The molecule has 0 atom stereocenters. The number of anilines is 1. The number of carbonyl (C=O) groups excluding carboxylic acids is 1. The van der Waals surface area contributed by atoms with Crippen molar-refractivity contribution in [3.05, 3.63) is 56.5 Å². The number of carbonyl (C=O) groups is 1. The Labute approximate surface area is 156 Å². The van der Waals surface area contributed by atoms with Crippen molar-refractivity contribution in [3.63, 3.8) is 0 Å². The van der Waals surface area contributed by atoms with Gasteiger partial charge in [-0.15, -0.1) is 0 Å². The van der Waals surface area contributed by atoms with Crippen LogP contribution in [0.5, 0.6) is 5.75 Å². The summed E-state index contributed by atoms with van der Waals surface area (Å²) >= 11 is 9.57. The van der Waals surface area contributed by atoms with E-state index in [-0.39, 0.29) is 12.5 Å². The van der Waals surface area contributed by atoms with Gasteiger partial charge < -0.3 is 10.1 Å². The maximum Gasteiger partial charge on any atom is 0.262 e. The highest BCUT2D eigenvalue weighted by molar-refractivity contribution is 9.10. The Bertz CT molecular complexity index is 736. The van der Waals surface area contributed by atoms with Gasteiger partial charge in [-0.1, -0.05) is 59.6 Å². The molecule has 2 aromatic rings. The second kappa shape index (κ2) is 8.04. The fraction of sp³-hybridized carbons (Fsp3) is 0.316. The Hall–Kier alpha value is -1.52. The first-order valence-electron chi connectivity index (χ1n) is 7.77. The fourth-order valence-corrected chi connectivity index (χ4v) is 3.55. The highest BCUT2D eigenvalue weighted by Gasteiger charge is 2.14. The first kappa shape index (κ1) is 18.8. The van der Waals surface area contributed by atoms with E-state index in [1.165, 1.54) is 0 Å². The molecule has 0 saturated carbocycles. The number of amides is 1. The molecule has 0 aliphatic heterocycles. The van der Waals surface area contributed by atoms with Gasteiger partial charge in [0, 0.05) is 10.2 Å². The zero-order valence-corrected chi connectivity index (χ0v) is 16.6. The van der Waals surface area contributed by atoms with Crippen molar-refractivity contribution in [2.24, 2.45) is 0 Å². The van der Waals surface area contributed by atoms with Crippen molar-refractivity contribution < 1.29 is 9.53 Å². The lowest BCUT2D eigenvalue weighted by Gasteiger charge is -2.17. The van der Waals surface area contributed by atoms with E-state index in [2.05, 4.69) is 35.1 Å². The number of ether oxygens (including phenoxy) is 1. The highest BCUT2D eigenvalue weighted by Crippen LogP contribution is 2.32. The lowest BCUT2D eigenvalue weighted by molar-refractivity contribution is -0.118. The first-order valence-corrected chi connectivity index (χ1v) is 8.94. The average molecular weight is 411 g/mol. The third-order valence-electron chi connectivity index (χ3n) is 3.73. The molecule has 2 aromatic carbocycles. The van der Waals surface area contributed by atoms with Gasteiger partial charge in [0.05, 0.1) is 5.02 Å². The maximum atomic E-state index is 12.3. The van der Waals surface area contributed by atoms with Gasteiger partial charge in [0.2, 0.25) is 0 Å². The number of para-hydroxylation sites is 1.